The highest BCUT2D eigenvalue weighted by atomic mass is 35.5. The number of methoxy groups -OCH3 is 1. The van der Waals surface area contributed by atoms with Gasteiger partial charge in [-0.15, -0.1) is 0 Å². The zero-order chi connectivity index (χ0) is 10.4. The maximum Gasteiger partial charge on any atom is 0.133 e. The first-order chi connectivity index (χ1) is 6.76. The summed E-state index contributed by atoms with van der Waals surface area (Å²) in [5.74, 6) is 0.811. The Labute approximate surface area is 89.5 Å². The van der Waals surface area contributed by atoms with Crippen molar-refractivity contribution in [3.63, 3.8) is 0 Å². The largest absolute Gasteiger partial charge is 0.385 e. The summed E-state index contributed by atoms with van der Waals surface area (Å²) in [5, 5.41) is 0.532. The molecular weight excluding hydrogens is 200 g/mol. The first-order valence-electron chi connectivity index (χ1n) is 4.77. The second-order valence-corrected chi connectivity index (χ2v) is 3.44. The van der Waals surface area contributed by atoms with Crippen LogP contribution in [-0.2, 0) is 17.6 Å². The van der Waals surface area contributed by atoms with Crippen molar-refractivity contribution < 1.29 is 4.74 Å². The standard InChI is InChI=1S/C10H15ClN2O/c1-3-8-7-9(11)13-10(12-8)5-4-6-14-2/h7H,3-6H2,1-2H3. The number of rotatable bonds is 5. The molecule has 0 fully saturated rings. The summed E-state index contributed by atoms with van der Waals surface area (Å²) in [6.07, 6.45) is 2.64. The van der Waals surface area contributed by atoms with E-state index in [0.29, 0.717) is 5.15 Å². The molecule has 0 aromatic carbocycles. The minimum atomic E-state index is 0.532. The SMILES string of the molecule is CCc1cc(Cl)nc(CCCOC)n1. The van der Waals surface area contributed by atoms with Crippen molar-refractivity contribution in [1.82, 2.24) is 9.97 Å². The van der Waals surface area contributed by atoms with Crippen molar-refractivity contribution >= 4 is 11.6 Å². The van der Waals surface area contributed by atoms with E-state index >= 15 is 0 Å². The van der Waals surface area contributed by atoms with Crippen LogP contribution in [0.15, 0.2) is 6.07 Å². The molecule has 0 bridgehead atoms. The third-order valence-electron chi connectivity index (χ3n) is 1.91. The molecule has 3 nitrogen and oxygen atoms in total. The molecule has 0 atom stereocenters. The summed E-state index contributed by atoms with van der Waals surface area (Å²) < 4.78 is 4.96. The predicted octanol–water partition coefficient (Wildman–Crippen LogP) is 2.27. The second kappa shape index (κ2) is 5.94. The van der Waals surface area contributed by atoms with Crippen molar-refractivity contribution in [2.75, 3.05) is 13.7 Å². The van der Waals surface area contributed by atoms with Crippen molar-refractivity contribution in [1.29, 1.82) is 0 Å². The maximum absolute atomic E-state index is 5.86. The van der Waals surface area contributed by atoms with Gasteiger partial charge in [0.25, 0.3) is 0 Å². The Morgan fingerprint density at radius 2 is 2.21 bits per heavy atom. The average molecular weight is 215 g/mol. The number of halogens is 1. The second-order valence-electron chi connectivity index (χ2n) is 3.05. The molecule has 1 heterocycles. The minimum Gasteiger partial charge on any atom is -0.385 e. The van der Waals surface area contributed by atoms with E-state index < -0.39 is 0 Å². The van der Waals surface area contributed by atoms with E-state index in [1.807, 2.05) is 0 Å². The Bertz CT molecular complexity index is 291. The molecule has 0 saturated carbocycles. The van der Waals surface area contributed by atoms with E-state index in [4.69, 9.17) is 16.3 Å². The van der Waals surface area contributed by atoms with Crippen LogP contribution < -0.4 is 0 Å². The lowest BCUT2D eigenvalue weighted by Gasteiger charge is -2.02. The van der Waals surface area contributed by atoms with Gasteiger partial charge in [0.15, 0.2) is 0 Å². The molecule has 78 valence electrons. The third-order valence-corrected chi connectivity index (χ3v) is 2.10. The number of aryl methyl sites for hydroxylation is 2. The monoisotopic (exact) mass is 214 g/mol. The van der Waals surface area contributed by atoms with Crippen LogP contribution >= 0.6 is 11.6 Å². The van der Waals surface area contributed by atoms with Crippen molar-refractivity contribution in [3.8, 4) is 0 Å². The highest BCUT2D eigenvalue weighted by molar-refractivity contribution is 6.29. The smallest absolute Gasteiger partial charge is 0.133 e. The van der Waals surface area contributed by atoms with Gasteiger partial charge in [0, 0.05) is 25.8 Å². The van der Waals surface area contributed by atoms with E-state index in [2.05, 4.69) is 16.9 Å². The molecule has 0 saturated heterocycles. The molecular formula is C10H15ClN2O. The van der Waals surface area contributed by atoms with Crippen LogP contribution in [0.2, 0.25) is 5.15 Å². The summed E-state index contributed by atoms with van der Waals surface area (Å²) in [5.41, 5.74) is 0.998. The van der Waals surface area contributed by atoms with Gasteiger partial charge in [-0.25, -0.2) is 9.97 Å². The Hall–Kier alpha value is -0.670. The summed E-state index contributed by atoms with van der Waals surface area (Å²) in [6.45, 7) is 2.79. The Morgan fingerprint density at radius 1 is 1.43 bits per heavy atom. The molecule has 0 aliphatic carbocycles. The van der Waals surface area contributed by atoms with Crippen LogP contribution in [0.25, 0.3) is 0 Å². The van der Waals surface area contributed by atoms with E-state index in [1.54, 1.807) is 13.2 Å². The molecule has 0 unspecified atom stereocenters. The quantitative estimate of drug-likeness (QED) is 0.557. The number of aromatic nitrogens is 2. The molecule has 0 aliphatic rings. The van der Waals surface area contributed by atoms with Gasteiger partial charge in [-0.1, -0.05) is 18.5 Å². The zero-order valence-electron chi connectivity index (χ0n) is 8.59. The zero-order valence-corrected chi connectivity index (χ0v) is 9.34. The number of nitrogens with zero attached hydrogens (tertiary/aromatic N) is 2. The normalized spacial score (nSPS) is 10.5. The van der Waals surface area contributed by atoms with Crippen LogP contribution in [0.5, 0.6) is 0 Å². The summed E-state index contributed by atoms with van der Waals surface area (Å²) in [7, 11) is 1.69. The van der Waals surface area contributed by atoms with Gasteiger partial charge in [-0.3, -0.25) is 0 Å². The third kappa shape index (κ3) is 3.60. The molecule has 14 heavy (non-hydrogen) atoms. The van der Waals surface area contributed by atoms with Crippen molar-refractivity contribution in [2.45, 2.75) is 26.2 Å². The topological polar surface area (TPSA) is 35.0 Å². The number of ether oxygens (including phenoxy) is 1. The molecule has 0 spiro atoms. The Morgan fingerprint density at radius 3 is 2.86 bits per heavy atom. The molecule has 0 aliphatic heterocycles. The molecule has 0 amide bonds. The number of hydrogen-bond acceptors (Lipinski definition) is 3. The van der Waals surface area contributed by atoms with Gasteiger partial charge in [0.05, 0.1) is 0 Å². The summed E-state index contributed by atoms with van der Waals surface area (Å²) in [6, 6.07) is 1.81. The first-order valence-corrected chi connectivity index (χ1v) is 5.15. The summed E-state index contributed by atoms with van der Waals surface area (Å²) in [4.78, 5) is 8.53. The molecule has 0 N–H and O–H groups in total. The average Bonchev–Trinajstić information content (AvgIpc) is 2.17. The lowest BCUT2D eigenvalue weighted by molar-refractivity contribution is 0.194. The van der Waals surface area contributed by atoms with E-state index in [9.17, 15) is 0 Å². The van der Waals surface area contributed by atoms with Crippen LogP contribution in [-0.4, -0.2) is 23.7 Å². The maximum atomic E-state index is 5.86. The van der Waals surface area contributed by atoms with Crippen LogP contribution in [0.4, 0.5) is 0 Å². The lowest BCUT2D eigenvalue weighted by Crippen LogP contribution is -2.01. The first kappa shape index (κ1) is 11.4. The highest BCUT2D eigenvalue weighted by Gasteiger charge is 2.01. The highest BCUT2D eigenvalue weighted by Crippen LogP contribution is 2.09. The predicted molar refractivity (Wildman–Crippen MR) is 56.6 cm³/mol. The Balaban J connectivity index is 2.62. The van der Waals surface area contributed by atoms with E-state index in [-0.39, 0.29) is 0 Å². The minimum absolute atomic E-state index is 0.532. The van der Waals surface area contributed by atoms with Crippen molar-refractivity contribution in [3.05, 3.63) is 22.7 Å². The van der Waals surface area contributed by atoms with Crippen LogP contribution in [0, 0.1) is 0 Å². The molecule has 4 heteroatoms. The fourth-order valence-electron chi connectivity index (χ4n) is 1.18. The molecule has 1 aromatic heterocycles. The molecule has 1 aromatic rings. The van der Waals surface area contributed by atoms with Crippen molar-refractivity contribution in [2.24, 2.45) is 0 Å². The van der Waals surface area contributed by atoms with Gasteiger partial charge in [0.2, 0.25) is 0 Å². The molecule has 0 radical (unpaired) electrons. The van der Waals surface area contributed by atoms with Crippen LogP contribution in [0.1, 0.15) is 24.9 Å². The fourth-order valence-corrected chi connectivity index (χ4v) is 1.41. The van der Waals surface area contributed by atoms with E-state index in [0.717, 1.165) is 37.4 Å². The lowest BCUT2D eigenvalue weighted by atomic mass is 10.3. The van der Waals surface area contributed by atoms with Gasteiger partial charge < -0.3 is 4.74 Å². The van der Waals surface area contributed by atoms with E-state index in [1.165, 1.54) is 0 Å². The Kier molecular flexibility index (Phi) is 4.84. The van der Waals surface area contributed by atoms with Gasteiger partial charge in [-0.05, 0) is 18.9 Å². The molecule has 1 rings (SSSR count). The van der Waals surface area contributed by atoms with Gasteiger partial charge in [-0.2, -0.15) is 0 Å². The fraction of sp³-hybridized carbons (Fsp3) is 0.600. The number of hydrogen-bond donors (Lipinski definition) is 0. The summed E-state index contributed by atoms with van der Waals surface area (Å²) >= 11 is 5.86. The van der Waals surface area contributed by atoms with Gasteiger partial charge >= 0.3 is 0 Å². The van der Waals surface area contributed by atoms with Gasteiger partial charge in [0.1, 0.15) is 11.0 Å². The van der Waals surface area contributed by atoms with Crippen LogP contribution in [0.3, 0.4) is 0 Å².